The van der Waals surface area contributed by atoms with Gasteiger partial charge in [0.15, 0.2) is 0 Å². The van der Waals surface area contributed by atoms with Crippen molar-refractivity contribution in [1.29, 1.82) is 0 Å². The van der Waals surface area contributed by atoms with Gasteiger partial charge in [0.05, 0.1) is 14.2 Å². The number of ether oxygens (including phenoxy) is 2. The molecule has 1 amide bonds. The molecule has 4 nitrogen and oxygen atoms in total. The molecule has 0 aromatic heterocycles. The summed E-state index contributed by atoms with van der Waals surface area (Å²) in [5, 5.41) is 0. The first kappa shape index (κ1) is 14.7. The van der Waals surface area contributed by atoms with Crippen LogP contribution in [0.5, 0.6) is 11.5 Å². The van der Waals surface area contributed by atoms with Crippen molar-refractivity contribution in [2.24, 2.45) is 5.92 Å². The molecular formula is C16H23NO3. The highest BCUT2D eigenvalue weighted by molar-refractivity contribution is 5.95. The van der Waals surface area contributed by atoms with Crippen LogP contribution in [0.4, 0.5) is 0 Å². The zero-order valence-electron chi connectivity index (χ0n) is 12.7. The van der Waals surface area contributed by atoms with Gasteiger partial charge in [-0.25, -0.2) is 0 Å². The Kier molecular flexibility index (Phi) is 4.53. The van der Waals surface area contributed by atoms with Crippen molar-refractivity contribution >= 4 is 5.91 Å². The van der Waals surface area contributed by atoms with E-state index in [0.29, 0.717) is 23.0 Å². The van der Waals surface area contributed by atoms with Crippen LogP contribution in [0.2, 0.25) is 0 Å². The van der Waals surface area contributed by atoms with Crippen LogP contribution in [0, 0.1) is 12.8 Å². The van der Waals surface area contributed by atoms with E-state index in [-0.39, 0.29) is 5.91 Å². The highest BCUT2D eigenvalue weighted by atomic mass is 16.5. The quantitative estimate of drug-likeness (QED) is 0.852. The van der Waals surface area contributed by atoms with Gasteiger partial charge in [-0.3, -0.25) is 4.79 Å². The molecule has 1 unspecified atom stereocenters. The predicted molar refractivity (Wildman–Crippen MR) is 78.6 cm³/mol. The number of carbonyl (C=O) groups is 1. The summed E-state index contributed by atoms with van der Waals surface area (Å²) in [5.41, 5.74) is 1.55. The van der Waals surface area contributed by atoms with Crippen LogP contribution in [0.15, 0.2) is 12.1 Å². The summed E-state index contributed by atoms with van der Waals surface area (Å²) >= 11 is 0. The maximum Gasteiger partial charge on any atom is 0.254 e. The molecule has 0 radical (unpaired) electrons. The number of piperidine rings is 1. The molecule has 0 N–H and O–H groups in total. The lowest BCUT2D eigenvalue weighted by Crippen LogP contribution is -2.39. The molecule has 0 aliphatic carbocycles. The van der Waals surface area contributed by atoms with Gasteiger partial charge in [-0.2, -0.15) is 0 Å². The van der Waals surface area contributed by atoms with Crippen LogP contribution in [0.25, 0.3) is 0 Å². The monoisotopic (exact) mass is 277 g/mol. The second kappa shape index (κ2) is 6.16. The standard InChI is InChI=1S/C16H23NO3/c1-11-6-5-7-17(10-11)16(18)13-8-14(19-3)12(2)15(9-13)20-4/h8-9,11H,5-7,10H2,1-4H3. The maximum absolute atomic E-state index is 12.6. The van der Waals surface area contributed by atoms with Gasteiger partial charge in [-0.15, -0.1) is 0 Å². The molecule has 2 rings (SSSR count). The van der Waals surface area contributed by atoms with E-state index in [9.17, 15) is 4.79 Å². The molecule has 1 saturated heterocycles. The van der Waals surface area contributed by atoms with Gasteiger partial charge in [0, 0.05) is 24.2 Å². The summed E-state index contributed by atoms with van der Waals surface area (Å²) in [6.07, 6.45) is 2.28. The zero-order chi connectivity index (χ0) is 14.7. The van der Waals surface area contributed by atoms with Crippen molar-refractivity contribution < 1.29 is 14.3 Å². The van der Waals surface area contributed by atoms with Crippen LogP contribution in [0.3, 0.4) is 0 Å². The molecule has 1 aromatic carbocycles. The number of likely N-dealkylation sites (tertiary alicyclic amines) is 1. The average molecular weight is 277 g/mol. The molecule has 1 atom stereocenters. The van der Waals surface area contributed by atoms with Gasteiger partial charge < -0.3 is 14.4 Å². The lowest BCUT2D eigenvalue weighted by Gasteiger charge is -2.31. The van der Waals surface area contributed by atoms with Gasteiger partial charge in [0.1, 0.15) is 11.5 Å². The lowest BCUT2D eigenvalue weighted by atomic mass is 9.99. The molecule has 0 bridgehead atoms. The van der Waals surface area contributed by atoms with Gasteiger partial charge in [-0.05, 0) is 37.8 Å². The fourth-order valence-electron chi connectivity index (χ4n) is 2.77. The molecule has 1 fully saturated rings. The van der Waals surface area contributed by atoms with E-state index >= 15 is 0 Å². The van der Waals surface area contributed by atoms with E-state index in [0.717, 1.165) is 25.1 Å². The van der Waals surface area contributed by atoms with Crippen molar-refractivity contribution in [3.05, 3.63) is 23.3 Å². The number of methoxy groups -OCH3 is 2. The Balaban J connectivity index is 2.29. The van der Waals surface area contributed by atoms with Crippen LogP contribution in [0.1, 0.15) is 35.7 Å². The summed E-state index contributed by atoms with van der Waals surface area (Å²) in [6.45, 7) is 5.78. The topological polar surface area (TPSA) is 38.8 Å². The van der Waals surface area contributed by atoms with E-state index in [2.05, 4.69) is 6.92 Å². The largest absolute Gasteiger partial charge is 0.496 e. The third-order valence-electron chi connectivity index (χ3n) is 3.94. The lowest BCUT2D eigenvalue weighted by molar-refractivity contribution is 0.0682. The number of nitrogens with zero attached hydrogens (tertiary/aromatic N) is 1. The first-order valence-corrected chi connectivity index (χ1v) is 7.08. The molecule has 1 heterocycles. The van der Waals surface area contributed by atoms with Crippen molar-refractivity contribution in [1.82, 2.24) is 4.90 Å². The van der Waals surface area contributed by atoms with Gasteiger partial charge in [0.25, 0.3) is 5.91 Å². The van der Waals surface area contributed by atoms with Crippen molar-refractivity contribution in [2.75, 3.05) is 27.3 Å². The minimum atomic E-state index is 0.0631. The highest BCUT2D eigenvalue weighted by Gasteiger charge is 2.23. The smallest absolute Gasteiger partial charge is 0.254 e. The van der Waals surface area contributed by atoms with Crippen LogP contribution in [-0.4, -0.2) is 38.1 Å². The fourth-order valence-corrected chi connectivity index (χ4v) is 2.77. The molecule has 0 spiro atoms. The first-order valence-electron chi connectivity index (χ1n) is 7.08. The number of rotatable bonds is 3. The van der Waals surface area contributed by atoms with E-state index < -0.39 is 0 Å². The number of hydrogen-bond donors (Lipinski definition) is 0. The van der Waals surface area contributed by atoms with Gasteiger partial charge in [-0.1, -0.05) is 6.92 Å². The molecule has 1 aliphatic rings. The SMILES string of the molecule is COc1cc(C(=O)N2CCCC(C)C2)cc(OC)c1C. The van der Waals surface area contributed by atoms with Crippen molar-refractivity contribution in [3.63, 3.8) is 0 Å². The van der Waals surface area contributed by atoms with E-state index in [1.54, 1.807) is 26.4 Å². The maximum atomic E-state index is 12.6. The molecule has 4 heteroatoms. The number of amides is 1. The van der Waals surface area contributed by atoms with Crippen molar-refractivity contribution in [2.45, 2.75) is 26.7 Å². The van der Waals surface area contributed by atoms with Gasteiger partial charge in [0.2, 0.25) is 0 Å². The minimum absolute atomic E-state index is 0.0631. The molecular weight excluding hydrogens is 254 g/mol. The van der Waals surface area contributed by atoms with E-state index in [1.165, 1.54) is 6.42 Å². The second-order valence-corrected chi connectivity index (χ2v) is 5.50. The summed E-state index contributed by atoms with van der Waals surface area (Å²) < 4.78 is 10.7. The van der Waals surface area contributed by atoms with Crippen LogP contribution >= 0.6 is 0 Å². The Labute approximate surface area is 120 Å². The number of benzene rings is 1. The minimum Gasteiger partial charge on any atom is -0.496 e. The van der Waals surface area contributed by atoms with Crippen LogP contribution < -0.4 is 9.47 Å². The predicted octanol–water partition coefficient (Wildman–Crippen LogP) is 2.88. The normalized spacial score (nSPS) is 18.8. The highest BCUT2D eigenvalue weighted by Crippen LogP contribution is 2.30. The Hall–Kier alpha value is -1.71. The Bertz CT molecular complexity index is 473. The zero-order valence-corrected chi connectivity index (χ0v) is 12.7. The van der Waals surface area contributed by atoms with Crippen molar-refractivity contribution in [3.8, 4) is 11.5 Å². The summed E-state index contributed by atoms with van der Waals surface area (Å²) in [6, 6.07) is 3.61. The summed E-state index contributed by atoms with van der Waals surface area (Å²) in [5.74, 6) is 2.02. The molecule has 110 valence electrons. The Morgan fingerprint density at radius 2 is 1.85 bits per heavy atom. The van der Waals surface area contributed by atoms with E-state index in [4.69, 9.17) is 9.47 Å². The molecule has 20 heavy (non-hydrogen) atoms. The number of carbonyl (C=O) groups excluding carboxylic acids is 1. The Morgan fingerprint density at radius 1 is 1.25 bits per heavy atom. The second-order valence-electron chi connectivity index (χ2n) is 5.50. The van der Waals surface area contributed by atoms with Gasteiger partial charge >= 0.3 is 0 Å². The first-order chi connectivity index (χ1) is 9.56. The fraction of sp³-hybridized carbons (Fsp3) is 0.562. The Morgan fingerprint density at radius 3 is 2.35 bits per heavy atom. The average Bonchev–Trinajstić information content (AvgIpc) is 2.46. The van der Waals surface area contributed by atoms with E-state index in [1.807, 2.05) is 11.8 Å². The summed E-state index contributed by atoms with van der Waals surface area (Å²) in [4.78, 5) is 14.5. The third-order valence-corrected chi connectivity index (χ3v) is 3.94. The molecule has 0 saturated carbocycles. The third kappa shape index (κ3) is 2.89. The van der Waals surface area contributed by atoms with Crippen LogP contribution in [-0.2, 0) is 0 Å². The molecule has 1 aromatic rings. The summed E-state index contributed by atoms with van der Waals surface area (Å²) in [7, 11) is 3.22. The number of hydrogen-bond acceptors (Lipinski definition) is 3. The molecule has 1 aliphatic heterocycles.